The van der Waals surface area contributed by atoms with Gasteiger partial charge in [-0.2, -0.15) is 31.4 Å². The summed E-state index contributed by atoms with van der Waals surface area (Å²) in [4.78, 5) is 5.34. The number of piperazine rings is 1. The number of hydrazone groups is 1. The second kappa shape index (κ2) is 7.51. The highest BCUT2D eigenvalue weighted by atomic mass is 79.9. The van der Waals surface area contributed by atoms with E-state index < -0.39 is 29.1 Å². The third kappa shape index (κ3) is 4.57. The molecule has 0 unspecified atom stereocenters. The maximum Gasteiger partial charge on any atom is 0.433 e. The van der Waals surface area contributed by atoms with Crippen LogP contribution in [-0.4, -0.2) is 54.3 Å². The first-order chi connectivity index (χ1) is 12.9. The third-order valence-electron chi connectivity index (χ3n) is 4.35. The Morgan fingerprint density at radius 3 is 2.21 bits per heavy atom. The van der Waals surface area contributed by atoms with Crippen molar-refractivity contribution in [3.8, 4) is 0 Å². The van der Waals surface area contributed by atoms with E-state index in [2.05, 4.69) is 30.9 Å². The quantitative estimate of drug-likeness (QED) is 0.476. The molecular formula is C17H15BrF6N4. The van der Waals surface area contributed by atoms with Gasteiger partial charge in [0, 0.05) is 41.6 Å². The SMILES string of the molecule is CN1CCN(/N=C\c2cc(C(F)(F)F)nc3c(C(F)(F)F)cc(Br)cc23)CC1. The largest absolute Gasteiger partial charge is 0.433 e. The highest BCUT2D eigenvalue weighted by Gasteiger charge is 2.37. The van der Waals surface area contributed by atoms with Crippen molar-refractivity contribution in [1.29, 1.82) is 0 Å². The molecule has 0 spiro atoms. The van der Waals surface area contributed by atoms with Crippen LogP contribution in [0.5, 0.6) is 0 Å². The van der Waals surface area contributed by atoms with Crippen LogP contribution in [0.1, 0.15) is 16.8 Å². The van der Waals surface area contributed by atoms with Gasteiger partial charge in [-0.15, -0.1) is 0 Å². The molecule has 1 aliphatic rings. The molecule has 0 bridgehead atoms. The molecule has 1 saturated heterocycles. The lowest BCUT2D eigenvalue weighted by Gasteiger charge is -2.30. The minimum Gasteiger partial charge on any atom is -0.303 e. The molecule has 3 rings (SSSR count). The van der Waals surface area contributed by atoms with E-state index in [1.165, 1.54) is 6.07 Å². The van der Waals surface area contributed by atoms with Gasteiger partial charge in [0.1, 0.15) is 5.69 Å². The molecule has 4 nitrogen and oxygen atoms in total. The number of benzene rings is 1. The standard InChI is InChI=1S/C17H15BrF6N4/c1-27-2-4-28(5-3-27)25-9-10-6-14(17(22,23)24)26-15-12(10)7-11(18)8-13(15)16(19,20)21/h6-9H,2-5H2,1H3/b25-9-. The number of likely N-dealkylation sites (N-methyl/N-ethyl adjacent to an activating group) is 1. The summed E-state index contributed by atoms with van der Waals surface area (Å²) >= 11 is 2.99. The summed E-state index contributed by atoms with van der Waals surface area (Å²) in [6.45, 7) is 2.59. The Morgan fingerprint density at radius 2 is 1.64 bits per heavy atom. The molecule has 1 aliphatic heterocycles. The Kier molecular flexibility index (Phi) is 5.59. The second-order valence-corrected chi connectivity index (χ2v) is 7.36. The molecule has 1 aromatic carbocycles. The highest BCUT2D eigenvalue weighted by Crippen LogP contribution is 2.39. The van der Waals surface area contributed by atoms with Crippen molar-refractivity contribution >= 4 is 33.0 Å². The van der Waals surface area contributed by atoms with Gasteiger partial charge in [0.2, 0.25) is 0 Å². The van der Waals surface area contributed by atoms with Gasteiger partial charge < -0.3 is 4.90 Å². The second-order valence-electron chi connectivity index (χ2n) is 6.44. The molecule has 11 heteroatoms. The average molecular weight is 469 g/mol. The Labute approximate surface area is 164 Å². The molecule has 1 fully saturated rings. The molecule has 0 radical (unpaired) electrons. The van der Waals surface area contributed by atoms with Crippen LogP contribution in [0.2, 0.25) is 0 Å². The normalized spacial score (nSPS) is 17.1. The summed E-state index contributed by atoms with van der Waals surface area (Å²) in [6.07, 6.45) is -8.58. The minimum atomic E-state index is -4.89. The summed E-state index contributed by atoms with van der Waals surface area (Å²) < 4.78 is 79.9. The van der Waals surface area contributed by atoms with Gasteiger partial charge >= 0.3 is 12.4 Å². The van der Waals surface area contributed by atoms with E-state index in [9.17, 15) is 26.3 Å². The first-order valence-electron chi connectivity index (χ1n) is 8.21. The maximum atomic E-state index is 13.4. The van der Waals surface area contributed by atoms with Gasteiger partial charge in [-0.25, -0.2) is 4.98 Å². The Morgan fingerprint density at radius 1 is 1.00 bits per heavy atom. The van der Waals surface area contributed by atoms with E-state index in [1.54, 1.807) is 5.01 Å². The Hall–Kier alpha value is -1.88. The topological polar surface area (TPSA) is 31.7 Å². The number of nitrogens with zero attached hydrogens (tertiary/aromatic N) is 4. The van der Waals surface area contributed by atoms with Crippen molar-refractivity contribution in [3.63, 3.8) is 0 Å². The molecule has 2 heterocycles. The molecule has 1 aromatic heterocycles. The lowest BCUT2D eigenvalue weighted by molar-refractivity contribution is -0.142. The summed E-state index contributed by atoms with van der Waals surface area (Å²) in [5, 5.41) is 5.78. The van der Waals surface area contributed by atoms with Crippen molar-refractivity contribution in [2.45, 2.75) is 12.4 Å². The van der Waals surface area contributed by atoms with Crippen molar-refractivity contribution in [3.05, 3.63) is 39.5 Å². The number of rotatable bonds is 2. The van der Waals surface area contributed by atoms with Gasteiger partial charge in [0.15, 0.2) is 0 Å². The molecule has 0 atom stereocenters. The van der Waals surface area contributed by atoms with Gasteiger partial charge in [0.05, 0.1) is 17.3 Å². The molecule has 0 amide bonds. The third-order valence-corrected chi connectivity index (χ3v) is 4.80. The van der Waals surface area contributed by atoms with Crippen molar-refractivity contribution in [2.75, 3.05) is 33.2 Å². The molecule has 152 valence electrons. The van der Waals surface area contributed by atoms with Crippen LogP contribution < -0.4 is 0 Å². The Balaban J connectivity index is 2.16. The molecule has 0 N–H and O–H groups in total. The smallest absolute Gasteiger partial charge is 0.303 e. The number of fused-ring (bicyclic) bond motifs is 1. The summed E-state index contributed by atoms with van der Waals surface area (Å²) in [5.41, 5.74) is -3.47. The van der Waals surface area contributed by atoms with E-state index in [1.807, 2.05) is 7.05 Å². The zero-order chi connectivity index (χ0) is 20.7. The van der Waals surface area contributed by atoms with E-state index in [4.69, 9.17) is 0 Å². The highest BCUT2D eigenvalue weighted by molar-refractivity contribution is 9.10. The molecule has 0 saturated carbocycles. The fourth-order valence-electron chi connectivity index (χ4n) is 2.84. The first-order valence-corrected chi connectivity index (χ1v) is 9.00. The lowest BCUT2D eigenvalue weighted by Crippen LogP contribution is -2.41. The van der Waals surface area contributed by atoms with Gasteiger partial charge in [-0.05, 0) is 25.2 Å². The maximum absolute atomic E-state index is 13.4. The molecular weight excluding hydrogens is 454 g/mol. The molecule has 0 aliphatic carbocycles. The minimum absolute atomic E-state index is 0.0624. The predicted octanol–water partition coefficient (Wildman–Crippen LogP) is 4.62. The van der Waals surface area contributed by atoms with Crippen molar-refractivity contribution < 1.29 is 26.3 Å². The summed E-state index contributed by atoms with van der Waals surface area (Å²) in [7, 11) is 1.93. The average Bonchev–Trinajstić information content (AvgIpc) is 2.58. The van der Waals surface area contributed by atoms with Gasteiger partial charge in [-0.1, -0.05) is 15.9 Å². The van der Waals surface area contributed by atoms with Crippen LogP contribution in [0.4, 0.5) is 26.3 Å². The van der Waals surface area contributed by atoms with Crippen LogP contribution in [0, 0.1) is 0 Å². The summed E-state index contributed by atoms with van der Waals surface area (Å²) in [6, 6.07) is 2.74. The number of pyridine rings is 1. The van der Waals surface area contributed by atoms with Gasteiger partial charge in [0.25, 0.3) is 0 Å². The van der Waals surface area contributed by atoms with Crippen LogP contribution in [-0.2, 0) is 12.4 Å². The Bertz CT molecular complexity index is 901. The number of hydrogen-bond donors (Lipinski definition) is 0. The molecule has 2 aromatic rings. The predicted molar refractivity (Wildman–Crippen MR) is 96.1 cm³/mol. The number of alkyl halides is 6. The zero-order valence-electron chi connectivity index (χ0n) is 14.6. The van der Waals surface area contributed by atoms with Crippen molar-refractivity contribution in [2.24, 2.45) is 5.10 Å². The number of hydrogen-bond acceptors (Lipinski definition) is 4. The van der Waals surface area contributed by atoms with E-state index in [0.29, 0.717) is 19.2 Å². The zero-order valence-corrected chi connectivity index (χ0v) is 16.2. The monoisotopic (exact) mass is 468 g/mol. The van der Waals surface area contributed by atoms with E-state index >= 15 is 0 Å². The fourth-order valence-corrected chi connectivity index (χ4v) is 3.30. The lowest BCUT2D eigenvalue weighted by atomic mass is 10.0. The fraction of sp³-hybridized carbons (Fsp3) is 0.412. The number of halogens is 7. The van der Waals surface area contributed by atoms with Gasteiger partial charge in [-0.3, -0.25) is 5.01 Å². The van der Waals surface area contributed by atoms with Crippen molar-refractivity contribution in [1.82, 2.24) is 14.9 Å². The van der Waals surface area contributed by atoms with E-state index in [-0.39, 0.29) is 15.4 Å². The van der Waals surface area contributed by atoms with E-state index in [0.717, 1.165) is 25.4 Å². The first kappa shape index (κ1) is 20.8. The van der Waals surface area contributed by atoms with Crippen LogP contribution in [0.3, 0.4) is 0 Å². The van der Waals surface area contributed by atoms with Crippen LogP contribution in [0.25, 0.3) is 10.9 Å². The van der Waals surface area contributed by atoms with Crippen LogP contribution in [0.15, 0.2) is 27.8 Å². The molecule has 28 heavy (non-hydrogen) atoms. The van der Waals surface area contributed by atoms with Crippen LogP contribution >= 0.6 is 15.9 Å². The summed E-state index contributed by atoms with van der Waals surface area (Å²) in [5.74, 6) is 0. The number of aromatic nitrogens is 1.